The summed E-state index contributed by atoms with van der Waals surface area (Å²) in [7, 11) is 0. The molecule has 0 heteroatoms. The molecule has 23 heavy (non-hydrogen) atoms. The van der Waals surface area contributed by atoms with Crippen molar-refractivity contribution in [2.24, 2.45) is 0 Å². The molecule has 2 aromatic carbocycles. The van der Waals surface area contributed by atoms with E-state index in [1.807, 2.05) is 0 Å². The highest BCUT2D eigenvalue weighted by molar-refractivity contribution is 5.26. The van der Waals surface area contributed by atoms with Crippen molar-refractivity contribution >= 4 is 0 Å². The van der Waals surface area contributed by atoms with Crippen LogP contribution in [0.4, 0.5) is 0 Å². The minimum Gasteiger partial charge on any atom is -0.103 e. The van der Waals surface area contributed by atoms with Crippen LogP contribution in [0, 0.1) is 37.5 Å². The van der Waals surface area contributed by atoms with Gasteiger partial charge in [-0.3, -0.25) is 0 Å². The Morgan fingerprint density at radius 2 is 0.957 bits per heavy atom. The molecule has 0 aromatic heterocycles. The van der Waals surface area contributed by atoms with Crippen molar-refractivity contribution in [3.05, 3.63) is 70.8 Å². The molecule has 0 bridgehead atoms. The van der Waals surface area contributed by atoms with Crippen molar-refractivity contribution < 1.29 is 0 Å². The predicted molar refractivity (Wildman–Crippen MR) is 99.2 cm³/mol. The molecule has 0 heterocycles. The topological polar surface area (TPSA) is 0 Å². The van der Waals surface area contributed by atoms with Gasteiger partial charge in [-0.15, -0.1) is 11.8 Å². The zero-order valence-corrected chi connectivity index (χ0v) is 14.2. The van der Waals surface area contributed by atoms with Crippen molar-refractivity contribution in [2.75, 3.05) is 0 Å². The fourth-order valence-electron chi connectivity index (χ4n) is 2.18. The molecule has 0 aliphatic heterocycles. The molecule has 0 saturated heterocycles. The molecule has 2 aromatic rings. The van der Waals surface area contributed by atoms with E-state index in [1.165, 1.54) is 22.3 Å². The van der Waals surface area contributed by atoms with E-state index in [2.05, 4.69) is 86.1 Å². The maximum absolute atomic E-state index is 3.25. The fraction of sp³-hybridized carbons (Fsp3) is 0.304. The lowest BCUT2D eigenvalue weighted by Gasteiger charge is -1.95. The Kier molecular flexibility index (Phi) is 7.03. The summed E-state index contributed by atoms with van der Waals surface area (Å²) in [5.41, 5.74) is 5.18. The number of benzene rings is 2. The molecular formula is C23H24. The summed E-state index contributed by atoms with van der Waals surface area (Å²) in [4.78, 5) is 0. The summed E-state index contributed by atoms with van der Waals surface area (Å²) in [6.07, 6.45) is 4.62. The van der Waals surface area contributed by atoms with E-state index in [0.717, 1.165) is 32.1 Å². The molecule has 0 unspecified atom stereocenters. The maximum atomic E-state index is 3.25. The molecule has 0 saturated carbocycles. The lowest BCUT2D eigenvalue weighted by Crippen LogP contribution is -1.82. The SMILES string of the molecule is Cc1ccc(CC#CCCCC#CCc2ccc(C)cc2)cc1. The van der Waals surface area contributed by atoms with Gasteiger partial charge in [-0.05, 0) is 31.4 Å². The largest absolute Gasteiger partial charge is 0.103 e. The number of unbranched alkanes of at least 4 members (excludes halogenated alkanes) is 2. The maximum Gasteiger partial charge on any atom is 0.0340 e. The summed E-state index contributed by atoms with van der Waals surface area (Å²) < 4.78 is 0. The van der Waals surface area contributed by atoms with E-state index in [4.69, 9.17) is 0 Å². The minimum absolute atomic E-state index is 0.847. The van der Waals surface area contributed by atoms with Gasteiger partial charge in [0.25, 0.3) is 0 Å². The molecule has 0 radical (unpaired) electrons. The molecule has 0 nitrogen and oxygen atoms in total. The third kappa shape index (κ3) is 6.90. The Morgan fingerprint density at radius 3 is 1.35 bits per heavy atom. The third-order valence-corrected chi connectivity index (χ3v) is 3.68. The zero-order chi connectivity index (χ0) is 16.3. The molecule has 0 spiro atoms. The highest BCUT2D eigenvalue weighted by Gasteiger charge is 1.89. The molecule has 0 N–H and O–H groups in total. The average molecular weight is 300 g/mol. The molecular weight excluding hydrogens is 276 g/mol. The van der Waals surface area contributed by atoms with Crippen LogP contribution in [0.5, 0.6) is 0 Å². The second kappa shape index (κ2) is 9.55. The fourth-order valence-corrected chi connectivity index (χ4v) is 2.18. The van der Waals surface area contributed by atoms with Crippen LogP contribution in [-0.2, 0) is 12.8 Å². The van der Waals surface area contributed by atoms with Gasteiger partial charge in [-0.2, -0.15) is 0 Å². The van der Waals surface area contributed by atoms with Crippen LogP contribution < -0.4 is 0 Å². The van der Waals surface area contributed by atoms with Crippen LogP contribution in [0.15, 0.2) is 48.5 Å². The van der Waals surface area contributed by atoms with Gasteiger partial charge in [0.05, 0.1) is 0 Å². The first kappa shape index (κ1) is 16.9. The van der Waals surface area contributed by atoms with E-state index in [-0.39, 0.29) is 0 Å². The lowest BCUT2D eigenvalue weighted by atomic mass is 10.1. The predicted octanol–water partition coefficient (Wildman–Crippen LogP) is 5.27. The van der Waals surface area contributed by atoms with Crippen molar-refractivity contribution in [2.45, 2.75) is 46.0 Å². The van der Waals surface area contributed by atoms with Crippen LogP contribution >= 0.6 is 0 Å². The normalized spacial score (nSPS) is 9.48. The van der Waals surface area contributed by atoms with Gasteiger partial charge in [0, 0.05) is 25.7 Å². The summed E-state index contributed by atoms with van der Waals surface area (Å²) in [6.45, 7) is 4.21. The van der Waals surface area contributed by atoms with Gasteiger partial charge in [0.15, 0.2) is 0 Å². The van der Waals surface area contributed by atoms with Gasteiger partial charge in [-0.1, -0.05) is 71.5 Å². The van der Waals surface area contributed by atoms with Crippen molar-refractivity contribution in [3.8, 4) is 23.7 Å². The van der Waals surface area contributed by atoms with Crippen LogP contribution in [0.3, 0.4) is 0 Å². The van der Waals surface area contributed by atoms with Crippen LogP contribution in [-0.4, -0.2) is 0 Å². The first-order valence-corrected chi connectivity index (χ1v) is 8.26. The van der Waals surface area contributed by atoms with Crippen LogP contribution in [0.2, 0.25) is 0 Å². The smallest absolute Gasteiger partial charge is 0.0340 e. The van der Waals surface area contributed by atoms with E-state index in [0.29, 0.717) is 0 Å². The summed E-state index contributed by atoms with van der Waals surface area (Å²) in [5.74, 6) is 13.0. The number of rotatable bonds is 4. The third-order valence-electron chi connectivity index (χ3n) is 3.68. The molecule has 2 rings (SSSR count). The van der Waals surface area contributed by atoms with Crippen LogP contribution in [0.25, 0.3) is 0 Å². The number of hydrogen-bond acceptors (Lipinski definition) is 0. The zero-order valence-electron chi connectivity index (χ0n) is 14.2. The van der Waals surface area contributed by atoms with Crippen molar-refractivity contribution in [3.63, 3.8) is 0 Å². The van der Waals surface area contributed by atoms with E-state index < -0.39 is 0 Å². The van der Waals surface area contributed by atoms with Gasteiger partial charge in [-0.25, -0.2) is 0 Å². The molecule has 116 valence electrons. The van der Waals surface area contributed by atoms with Gasteiger partial charge in [0.1, 0.15) is 0 Å². The Bertz CT molecular complexity index is 645. The van der Waals surface area contributed by atoms with Crippen LogP contribution in [0.1, 0.15) is 41.5 Å². The van der Waals surface area contributed by atoms with Gasteiger partial charge >= 0.3 is 0 Å². The lowest BCUT2D eigenvalue weighted by molar-refractivity contribution is 0.902. The van der Waals surface area contributed by atoms with Crippen molar-refractivity contribution in [1.29, 1.82) is 0 Å². The van der Waals surface area contributed by atoms with Gasteiger partial charge in [0.2, 0.25) is 0 Å². The summed E-state index contributed by atoms with van der Waals surface area (Å²) >= 11 is 0. The van der Waals surface area contributed by atoms with Gasteiger partial charge < -0.3 is 0 Å². The Hall–Kier alpha value is -2.44. The molecule has 0 atom stereocenters. The first-order chi connectivity index (χ1) is 11.2. The summed E-state index contributed by atoms with van der Waals surface area (Å²) in [5, 5.41) is 0. The summed E-state index contributed by atoms with van der Waals surface area (Å²) in [6, 6.07) is 17.2. The Morgan fingerprint density at radius 1 is 0.565 bits per heavy atom. The molecule has 0 fully saturated rings. The quantitative estimate of drug-likeness (QED) is 0.533. The van der Waals surface area contributed by atoms with E-state index in [9.17, 15) is 0 Å². The monoisotopic (exact) mass is 300 g/mol. The van der Waals surface area contributed by atoms with Crippen molar-refractivity contribution in [1.82, 2.24) is 0 Å². The van der Waals surface area contributed by atoms with E-state index in [1.54, 1.807) is 0 Å². The highest BCUT2D eigenvalue weighted by atomic mass is 13.9. The molecule has 0 aliphatic carbocycles. The Balaban J connectivity index is 1.61. The second-order valence-electron chi connectivity index (χ2n) is 5.89. The second-order valence-corrected chi connectivity index (χ2v) is 5.89. The standard InChI is InChI=1S/C23H24/c1-20-12-16-22(17-13-20)10-8-6-4-3-5-7-9-11-23-18-14-21(2)15-19-23/h12-19H,3-5,10-11H2,1-2H3. The highest BCUT2D eigenvalue weighted by Crippen LogP contribution is 2.04. The van der Waals surface area contributed by atoms with E-state index >= 15 is 0 Å². The number of hydrogen-bond donors (Lipinski definition) is 0. The molecule has 0 aliphatic rings. The first-order valence-electron chi connectivity index (χ1n) is 8.26. The number of aryl methyl sites for hydroxylation is 2. The Labute approximate surface area is 141 Å². The average Bonchev–Trinajstić information content (AvgIpc) is 2.56. The minimum atomic E-state index is 0.847. The molecule has 0 amide bonds.